The van der Waals surface area contributed by atoms with Gasteiger partial charge in [0, 0.05) is 24.3 Å². The quantitative estimate of drug-likeness (QED) is 0.871. The Morgan fingerprint density at radius 1 is 1.17 bits per heavy atom. The molecule has 0 atom stereocenters. The molecule has 0 radical (unpaired) electrons. The van der Waals surface area contributed by atoms with Gasteiger partial charge in [0.05, 0.1) is 0 Å². The van der Waals surface area contributed by atoms with Gasteiger partial charge >= 0.3 is 6.03 Å². The Labute approximate surface area is 112 Å². The van der Waals surface area contributed by atoms with E-state index in [-0.39, 0.29) is 6.03 Å². The lowest BCUT2D eigenvalue weighted by Crippen LogP contribution is -2.40. The van der Waals surface area contributed by atoms with E-state index in [1.165, 1.54) is 6.42 Å². The highest BCUT2D eigenvalue weighted by Gasteiger charge is 2.14. The highest BCUT2D eigenvalue weighted by molar-refractivity contribution is 6.30. The lowest BCUT2D eigenvalue weighted by molar-refractivity contribution is 0.190. The molecule has 1 saturated heterocycles. The van der Waals surface area contributed by atoms with Crippen molar-refractivity contribution in [2.24, 2.45) is 0 Å². The number of likely N-dealkylation sites (tertiary alicyclic amines) is 1. The Morgan fingerprint density at radius 2 is 1.83 bits per heavy atom. The molecule has 0 aromatic heterocycles. The van der Waals surface area contributed by atoms with Crippen LogP contribution in [0.5, 0.6) is 0 Å². The smallest absolute Gasteiger partial charge is 0.321 e. The molecule has 0 bridgehead atoms. The van der Waals surface area contributed by atoms with Gasteiger partial charge < -0.3 is 10.2 Å². The van der Waals surface area contributed by atoms with Crippen LogP contribution in [0.15, 0.2) is 30.5 Å². The highest BCUT2D eigenvalue weighted by Crippen LogP contribution is 2.11. The van der Waals surface area contributed by atoms with Crippen molar-refractivity contribution >= 4 is 23.7 Å². The number of urea groups is 1. The summed E-state index contributed by atoms with van der Waals surface area (Å²) in [6.07, 6.45) is 6.98. The van der Waals surface area contributed by atoms with Crippen molar-refractivity contribution in [3.63, 3.8) is 0 Å². The number of nitrogens with zero attached hydrogens (tertiary/aromatic N) is 1. The standard InChI is InChI=1S/C14H17ClN2O/c15-13-6-4-12(5-7-13)8-9-16-14(18)17-10-2-1-3-11-17/h4-9H,1-3,10-11H2,(H,16,18)/b9-8+. The molecule has 1 fully saturated rings. The molecule has 0 spiro atoms. The van der Waals surface area contributed by atoms with Crippen LogP contribution in [0, 0.1) is 0 Å². The first-order valence-electron chi connectivity index (χ1n) is 6.23. The molecular weight excluding hydrogens is 248 g/mol. The van der Waals surface area contributed by atoms with Crippen LogP contribution in [0.4, 0.5) is 4.79 Å². The van der Waals surface area contributed by atoms with E-state index in [1.807, 2.05) is 35.2 Å². The van der Waals surface area contributed by atoms with Crippen molar-refractivity contribution in [3.05, 3.63) is 41.1 Å². The van der Waals surface area contributed by atoms with Gasteiger partial charge in [0.25, 0.3) is 0 Å². The maximum absolute atomic E-state index is 11.8. The van der Waals surface area contributed by atoms with Gasteiger partial charge in [0.2, 0.25) is 0 Å². The van der Waals surface area contributed by atoms with E-state index in [9.17, 15) is 4.79 Å². The summed E-state index contributed by atoms with van der Waals surface area (Å²) in [6.45, 7) is 1.72. The molecule has 2 rings (SSSR count). The number of rotatable bonds is 2. The zero-order valence-corrected chi connectivity index (χ0v) is 11.0. The maximum Gasteiger partial charge on any atom is 0.321 e. The van der Waals surface area contributed by atoms with Crippen molar-refractivity contribution < 1.29 is 4.79 Å². The third kappa shape index (κ3) is 3.77. The lowest BCUT2D eigenvalue weighted by atomic mass is 10.1. The molecule has 1 aromatic carbocycles. The zero-order chi connectivity index (χ0) is 12.8. The fourth-order valence-corrected chi connectivity index (χ4v) is 2.10. The predicted octanol–water partition coefficient (Wildman–Crippen LogP) is 3.51. The minimum absolute atomic E-state index is 0.0140. The number of nitrogens with one attached hydrogen (secondary N) is 1. The molecule has 1 aromatic rings. The molecule has 2 amide bonds. The largest absolute Gasteiger partial charge is 0.325 e. The fourth-order valence-electron chi connectivity index (χ4n) is 1.97. The molecule has 1 aliphatic heterocycles. The molecule has 1 aliphatic rings. The predicted molar refractivity (Wildman–Crippen MR) is 74.4 cm³/mol. The molecule has 0 saturated carbocycles. The molecule has 1 heterocycles. The number of benzene rings is 1. The molecule has 4 heteroatoms. The van der Waals surface area contributed by atoms with Crippen molar-refractivity contribution in [1.82, 2.24) is 10.2 Å². The molecule has 0 unspecified atom stereocenters. The second kappa shape index (κ2) is 6.45. The van der Waals surface area contributed by atoms with Crippen LogP contribution < -0.4 is 5.32 Å². The van der Waals surface area contributed by atoms with Crippen LogP contribution in [0.1, 0.15) is 24.8 Å². The first-order chi connectivity index (χ1) is 8.75. The normalized spacial score (nSPS) is 15.9. The summed E-state index contributed by atoms with van der Waals surface area (Å²) in [5.74, 6) is 0. The van der Waals surface area contributed by atoms with Crippen LogP contribution in [0.25, 0.3) is 6.08 Å². The number of hydrogen-bond acceptors (Lipinski definition) is 1. The number of halogens is 1. The Kier molecular flexibility index (Phi) is 4.65. The van der Waals surface area contributed by atoms with E-state index in [1.54, 1.807) is 6.20 Å². The van der Waals surface area contributed by atoms with Gasteiger partial charge in [0.1, 0.15) is 0 Å². The van der Waals surface area contributed by atoms with Gasteiger partial charge in [-0.2, -0.15) is 0 Å². The number of piperidine rings is 1. The number of carbonyl (C=O) groups excluding carboxylic acids is 1. The maximum atomic E-state index is 11.8. The average Bonchev–Trinajstić information content (AvgIpc) is 2.42. The van der Waals surface area contributed by atoms with Crippen LogP contribution in [0.3, 0.4) is 0 Å². The Bertz CT molecular complexity index is 422. The third-order valence-corrected chi connectivity index (χ3v) is 3.25. The molecule has 18 heavy (non-hydrogen) atoms. The first-order valence-corrected chi connectivity index (χ1v) is 6.61. The monoisotopic (exact) mass is 264 g/mol. The fraction of sp³-hybridized carbons (Fsp3) is 0.357. The van der Waals surface area contributed by atoms with Crippen LogP contribution in [0.2, 0.25) is 5.02 Å². The van der Waals surface area contributed by atoms with Crippen LogP contribution in [-0.2, 0) is 0 Å². The number of hydrogen-bond donors (Lipinski definition) is 1. The van der Waals surface area contributed by atoms with Crippen LogP contribution >= 0.6 is 11.6 Å². The van der Waals surface area contributed by atoms with E-state index in [4.69, 9.17) is 11.6 Å². The van der Waals surface area contributed by atoms with Crippen molar-refractivity contribution in [2.45, 2.75) is 19.3 Å². The van der Waals surface area contributed by atoms with Gasteiger partial charge in [-0.05, 0) is 43.0 Å². The minimum Gasteiger partial charge on any atom is -0.325 e. The van der Waals surface area contributed by atoms with E-state index >= 15 is 0 Å². The molecule has 3 nitrogen and oxygen atoms in total. The summed E-state index contributed by atoms with van der Waals surface area (Å²) in [7, 11) is 0. The summed E-state index contributed by atoms with van der Waals surface area (Å²) < 4.78 is 0. The Hall–Kier alpha value is -1.48. The summed E-state index contributed by atoms with van der Waals surface area (Å²) >= 11 is 5.80. The topological polar surface area (TPSA) is 32.3 Å². The van der Waals surface area contributed by atoms with E-state index in [2.05, 4.69) is 5.32 Å². The molecule has 0 aliphatic carbocycles. The summed E-state index contributed by atoms with van der Waals surface area (Å²) in [6, 6.07) is 7.46. The average molecular weight is 265 g/mol. The molecule has 1 N–H and O–H groups in total. The molecule has 96 valence electrons. The summed E-state index contributed by atoms with van der Waals surface area (Å²) in [4.78, 5) is 13.6. The van der Waals surface area contributed by atoms with Gasteiger partial charge in [-0.3, -0.25) is 0 Å². The van der Waals surface area contributed by atoms with E-state index < -0.39 is 0 Å². The first kappa shape index (κ1) is 13.0. The minimum atomic E-state index is -0.0140. The zero-order valence-electron chi connectivity index (χ0n) is 10.2. The van der Waals surface area contributed by atoms with Crippen LogP contribution in [-0.4, -0.2) is 24.0 Å². The summed E-state index contributed by atoms with van der Waals surface area (Å²) in [5, 5.41) is 3.50. The van der Waals surface area contributed by atoms with E-state index in [0.717, 1.165) is 31.5 Å². The van der Waals surface area contributed by atoms with E-state index in [0.29, 0.717) is 5.02 Å². The lowest BCUT2D eigenvalue weighted by Gasteiger charge is -2.26. The number of carbonyl (C=O) groups is 1. The second-order valence-electron chi connectivity index (χ2n) is 4.38. The Morgan fingerprint density at radius 3 is 2.50 bits per heavy atom. The van der Waals surface area contributed by atoms with Crippen molar-refractivity contribution in [3.8, 4) is 0 Å². The van der Waals surface area contributed by atoms with Crippen molar-refractivity contribution in [1.29, 1.82) is 0 Å². The Balaban J connectivity index is 1.83. The SMILES string of the molecule is O=C(N/C=C/c1ccc(Cl)cc1)N1CCCCC1. The second-order valence-corrected chi connectivity index (χ2v) is 4.82. The third-order valence-electron chi connectivity index (χ3n) is 3.00. The van der Waals surface area contributed by atoms with Gasteiger partial charge in [0.15, 0.2) is 0 Å². The van der Waals surface area contributed by atoms with Gasteiger partial charge in [-0.15, -0.1) is 0 Å². The van der Waals surface area contributed by atoms with Crippen molar-refractivity contribution in [2.75, 3.05) is 13.1 Å². The number of amides is 2. The highest BCUT2D eigenvalue weighted by atomic mass is 35.5. The van der Waals surface area contributed by atoms with Gasteiger partial charge in [-0.1, -0.05) is 23.7 Å². The molecular formula is C14H17ClN2O. The summed E-state index contributed by atoms with van der Waals surface area (Å²) in [5.41, 5.74) is 1.01. The van der Waals surface area contributed by atoms with Gasteiger partial charge in [-0.25, -0.2) is 4.79 Å².